The van der Waals surface area contributed by atoms with Gasteiger partial charge in [0.05, 0.1) is 17.2 Å². The maximum atomic E-state index is 12.4. The molecule has 4 nitrogen and oxygen atoms in total. The van der Waals surface area contributed by atoms with Gasteiger partial charge in [0.1, 0.15) is 0 Å². The smallest absolute Gasteiger partial charge is 0.261 e. The maximum Gasteiger partial charge on any atom is 0.261 e. The lowest BCUT2D eigenvalue weighted by Crippen LogP contribution is -2.25. The highest BCUT2D eigenvalue weighted by Gasteiger charge is 2.20. The van der Waals surface area contributed by atoms with Crippen LogP contribution in [0.4, 0.5) is 0 Å². The van der Waals surface area contributed by atoms with Crippen molar-refractivity contribution in [3.8, 4) is 0 Å². The zero-order valence-corrected chi connectivity index (χ0v) is 12.7. The molecule has 0 spiro atoms. The number of rotatable bonds is 5. The molecule has 1 aliphatic carbocycles. The van der Waals surface area contributed by atoms with Gasteiger partial charge in [-0.2, -0.15) is 0 Å². The van der Waals surface area contributed by atoms with E-state index in [-0.39, 0.29) is 5.56 Å². The summed E-state index contributed by atoms with van der Waals surface area (Å²) in [6, 6.07) is 6.19. The number of hydrogen-bond acceptors (Lipinski definition) is 3. The van der Waals surface area contributed by atoms with Crippen LogP contribution < -0.4 is 10.9 Å². The Bertz CT molecular complexity index is 719. The van der Waals surface area contributed by atoms with Gasteiger partial charge in [0.25, 0.3) is 5.56 Å². The third-order valence-electron chi connectivity index (χ3n) is 3.40. The van der Waals surface area contributed by atoms with Crippen LogP contribution in [-0.4, -0.2) is 22.1 Å². The van der Waals surface area contributed by atoms with Crippen molar-refractivity contribution in [3.63, 3.8) is 0 Å². The highest BCUT2D eigenvalue weighted by molar-refractivity contribution is 9.10. The lowest BCUT2D eigenvalue weighted by atomic mass is 10.2. The Morgan fingerprint density at radius 2 is 2.30 bits per heavy atom. The highest BCUT2D eigenvalue weighted by Crippen LogP contribution is 2.18. The van der Waals surface area contributed by atoms with Gasteiger partial charge in [-0.05, 0) is 36.6 Å². The molecule has 1 aromatic carbocycles. The summed E-state index contributed by atoms with van der Waals surface area (Å²) >= 11 is 3.39. The molecule has 0 saturated heterocycles. The van der Waals surface area contributed by atoms with Crippen molar-refractivity contribution in [2.24, 2.45) is 0 Å². The number of aromatic nitrogens is 2. The minimum Gasteiger partial charge on any atom is -0.310 e. The fraction of sp³-hybridized carbons (Fsp3) is 0.333. The quantitative estimate of drug-likeness (QED) is 0.855. The van der Waals surface area contributed by atoms with Gasteiger partial charge in [-0.1, -0.05) is 22.5 Å². The minimum atomic E-state index is -0.0242. The van der Waals surface area contributed by atoms with E-state index in [1.54, 1.807) is 10.9 Å². The molecule has 0 unspecified atom stereocenters. The molecule has 1 saturated carbocycles. The van der Waals surface area contributed by atoms with E-state index in [2.05, 4.69) is 32.8 Å². The molecule has 0 radical (unpaired) electrons. The van der Waals surface area contributed by atoms with Crippen LogP contribution in [0.25, 0.3) is 10.9 Å². The Hall–Kier alpha value is -1.46. The van der Waals surface area contributed by atoms with Crippen molar-refractivity contribution in [2.45, 2.75) is 25.4 Å². The van der Waals surface area contributed by atoms with Crippen LogP contribution in [-0.2, 0) is 6.54 Å². The van der Waals surface area contributed by atoms with E-state index in [1.807, 2.05) is 18.2 Å². The Morgan fingerprint density at radius 3 is 3.05 bits per heavy atom. The minimum absolute atomic E-state index is 0.0242. The van der Waals surface area contributed by atoms with E-state index in [1.165, 1.54) is 12.8 Å². The predicted octanol–water partition coefficient (Wildman–Crippen LogP) is 2.47. The van der Waals surface area contributed by atoms with E-state index in [0.717, 1.165) is 22.1 Å². The molecule has 20 heavy (non-hydrogen) atoms. The molecule has 1 N–H and O–H groups in total. The molecule has 0 amide bonds. The zero-order chi connectivity index (χ0) is 14.1. The second-order valence-corrected chi connectivity index (χ2v) is 6.16. The number of nitrogens with one attached hydrogen (secondary N) is 1. The van der Waals surface area contributed by atoms with Crippen LogP contribution in [0.5, 0.6) is 0 Å². The largest absolute Gasteiger partial charge is 0.310 e. The van der Waals surface area contributed by atoms with Crippen LogP contribution in [0.2, 0.25) is 0 Å². The number of benzene rings is 1. The zero-order valence-electron chi connectivity index (χ0n) is 11.1. The average molecular weight is 334 g/mol. The number of halogens is 1. The van der Waals surface area contributed by atoms with Gasteiger partial charge in [-0.25, -0.2) is 4.98 Å². The summed E-state index contributed by atoms with van der Waals surface area (Å²) in [6.07, 6.45) is 4.10. The van der Waals surface area contributed by atoms with Crippen molar-refractivity contribution in [1.82, 2.24) is 14.9 Å². The molecule has 1 aromatic heterocycles. The summed E-state index contributed by atoms with van der Waals surface area (Å²) in [5.74, 6) is 0. The molecule has 0 aliphatic heterocycles. The van der Waals surface area contributed by atoms with Crippen molar-refractivity contribution in [2.75, 3.05) is 6.54 Å². The summed E-state index contributed by atoms with van der Waals surface area (Å²) < 4.78 is 2.50. The molecule has 0 bridgehead atoms. The van der Waals surface area contributed by atoms with E-state index >= 15 is 0 Å². The fourth-order valence-corrected chi connectivity index (χ4v) is 2.48. The molecule has 1 heterocycles. The molecule has 3 rings (SSSR count). The van der Waals surface area contributed by atoms with Gasteiger partial charge in [0.2, 0.25) is 0 Å². The lowest BCUT2D eigenvalue weighted by Gasteiger charge is -2.10. The number of nitrogens with zero attached hydrogens (tertiary/aromatic N) is 2. The monoisotopic (exact) mass is 333 g/mol. The van der Waals surface area contributed by atoms with Gasteiger partial charge >= 0.3 is 0 Å². The van der Waals surface area contributed by atoms with Crippen molar-refractivity contribution in [3.05, 3.63) is 51.5 Å². The Kier molecular flexibility index (Phi) is 3.72. The van der Waals surface area contributed by atoms with Crippen molar-refractivity contribution in [1.29, 1.82) is 0 Å². The standard InChI is InChI=1S/C15H16BrN3O/c1-10(7-17-12-3-4-12)8-19-9-18-14-5-2-11(16)6-13(14)15(19)20/h2,5-6,9,12,17H,1,3-4,7-8H2. The SMILES string of the molecule is C=C(CNC1CC1)Cn1cnc2ccc(Br)cc2c1=O. The Labute approximate surface area is 125 Å². The first-order chi connectivity index (χ1) is 9.63. The maximum absolute atomic E-state index is 12.4. The third kappa shape index (κ3) is 2.99. The van der Waals surface area contributed by atoms with Gasteiger partial charge in [0, 0.05) is 23.6 Å². The normalized spacial score (nSPS) is 14.7. The van der Waals surface area contributed by atoms with Gasteiger partial charge in [-0.15, -0.1) is 0 Å². The average Bonchev–Trinajstić information content (AvgIpc) is 3.24. The molecular formula is C15H16BrN3O. The first kappa shape index (κ1) is 13.5. The van der Waals surface area contributed by atoms with E-state index in [9.17, 15) is 4.79 Å². The topological polar surface area (TPSA) is 46.9 Å². The summed E-state index contributed by atoms with van der Waals surface area (Å²) in [4.78, 5) is 16.7. The van der Waals surface area contributed by atoms with Gasteiger partial charge in [0.15, 0.2) is 0 Å². The molecular weight excluding hydrogens is 318 g/mol. The van der Waals surface area contributed by atoms with Gasteiger partial charge < -0.3 is 5.32 Å². The van der Waals surface area contributed by atoms with Gasteiger partial charge in [-0.3, -0.25) is 9.36 Å². The second-order valence-electron chi connectivity index (χ2n) is 5.24. The first-order valence-corrected chi connectivity index (χ1v) is 7.47. The second kappa shape index (κ2) is 5.50. The summed E-state index contributed by atoms with van der Waals surface area (Å²) in [5, 5.41) is 4.03. The van der Waals surface area contributed by atoms with E-state index < -0.39 is 0 Å². The highest BCUT2D eigenvalue weighted by atomic mass is 79.9. The Balaban J connectivity index is 1.82. The molecule has 1 aliphatic rings. The third-order valence-corrected chi connectivity index (χ3v) is 3.89. The van der Waals surface area contributed by atoms with Crippen LogP contribution in [0, 0.1) is 0 Å². The van der Waals surface area contributed by atoms with E-state index in [4.69, 9.17) is 0 Å². The number of fused-ring (bicyclic) bond motifs is 1. The van der Waals surface area contributed by atoms with Crippen LogP contribution in [0.1, 0.15) is 12.8 Å². The molecule has 2 aromatic rings. The summed E-state index contributed by atoms with van der Waals surface area (Å²) in [5.41, 5.74) is 1.69. The van der Waals surface area contributed by atoms with Crippen LogP contribution in [0.3, 0.4) is 0 Å². The van der Waals surface area contributed by atoms with E-state index in [0.29, 0.717) is 18.0 Å². The first-order valence-electron chi connectivity index (χ1n) is 6.68. The summed E-state index contributed by atoms with van der Waals surface area (Å²) in [6.45, 7) is 5.29. The van der Waals surface area contributed by atoms with Crippen LogP contribution in [0.15, 0.2) is 45.9 Å². The molecule has 1 fully saturated rings. The molecule has 104 valence electrons. The lowest BCUT2D eigenvalue weighted by molar-refractivity contribution is 0.666. The number of hydrogen-bond donors (Lipinski definition) is 1. The van der Waals surface area contributed by atoms with Crippen LogP contribution >= 0.6 is 15.9 Å². The fourth-order valence-electron chi connectivity index (χ4n) is 2.12. The van der Waals surface area contributed by atoms with Crippen molar-refractivity contribution >= 4 is 26.8 Å². The molecule has 5 heteroatoms. The summed E-state index contributed by atoms with van der Waals surface area (Å²) in [7, 11) is 0. The predicted molar refractivity (Wildman–Crippen MR) is 83.9 cm³/mol. The molecule has 0 atom stereocenters. The van der Waals surface area contributed by atoms with Crippen molar-refractivity contribution < 1.29 is 0 Å². The Morgan fingerprint density at radius 1 is 1.50 bits per heavy atom.